The lowest BCUT2D eigenvalue weighted by Gasteiger charge is -2.30. The van der Waals surface area contributed by atoms with E-state index in [9.17, 15) is 0 Å². The lowest BCUT2D eigenvalue weighted by molar-refractivity contribution is 0.259. The maximum absolute atomic E-state index is 6.09. The topological polar surface area (TPSA) is 25.2 Å². The molecule has 1 aliphatic heterocycles. The zero-order chi connectivity index (χ0) is 13.3. The lowest BCUT2D eigenvalue weighted by Crippen LogP contribution is -2.40. The molecule has 1 atom stereocenters. The summed E-state index contributed by atoms with van der Waals surface area (Å²) >= 11 is 6.05. The molecule has 3 rings (SSSR count). The Bertz CT molecular complexity index is 567. The SMILES string of the molecule is CCC1(c2cc3cc(Cl)ccc3o2)CCCCCN1. The van der Waals surface area contributed by atoms with Crippen LogP contribution in [0, 0.1) is 0 Å². The molecule has 2 nitrogen and oxygen atoms in total. The average molecular weight is 278 g/mol. The van der Waals surface area contributed by atoms with Crippen molar-refractivity contribution in [2.75, 3.05) is 6.54 Å². The van der Waals surface area contributed by atoms with Crippen molar-refractivity contribution < 1.29 is 4.42 Å². The van der Waals surface area contributed by atoms with Crippen LogP contribution in [0.4, 0.5) is 0 Å². The smallest absolute Gasteiger partial charge is 0.134 e. The number of furan rings is 1. The molecule has 19 heavy (non-hydrogen) atoms. The molecule has 1 unspecified atom stereocenters. The van der Waals surface area contributed by atoms with Crippen LogP contribution >= 0.6 is 11.6 Å². The third-order valence-corrected chi connectivity index (χ3v) is 4.53. The summed E-state index contributed by atoms with van der Waals surface area (Å²) in [5, 5.41) is 5.57. The van der Waals surface area contributed by atoms with Crippen molar-refractivity contribution in [2.45, 2.75) is 44.6 Å². The fourth-order valence-electron chi connectivity index (χ4n) is 3.08. The van der Waals surface area contributed by atoms with Crippen LogP contribution in [0.5, 0.6) is 0 Å². The Morgan fingerprint density at radius 3 is 3.00 bits per heavy atom. The van der Waals surface area contributed by atoms with Gasteiger partial charge < -0.3 is 9.73 Å². The Morgan fingerprint density at radius 1 is 1.26 bits per heavy atom. The minimum Gasteiger partial charge on any atom is -0.459 e. The second-order valence-corrected chi connectivity index (χ2v) is 5.90. The summed E-state index contributed by atoms with van der Waals surface area (Å²) in [6.45, 7) is 3.31. The van der Waals surface area contributed by atoms with Crippen LogP contribution in [0.25, 0.3) is 11.0 Å². The maximum atomic E-state index is 6.09. The fraction of sp³-hybridized carbons (Fsp3) is 0.500. The second kappa shape index (κ2) is 5.18. The molecule has 0 bridgehead atoms. The van der Waals surface area contributed by atoms with E-state index in [1.165, 1.54) is 19.3 Å². The van der Waals surface area contributed by atoms with Crippen molar-refractivity contribution in [1.29, 1.82) is 0 Å². The monoisotopic (exact) mass is 277 g/mol. The summed E-state index contributed by atoms with van der Waals surface area (Å²) in [5.41, 5.74) is 0.931. The molecule has 1 N–H and O–H groups in total. The van der Waals surface area contributed by atoms with Gasteiger partial charge in [0.25, 0.3) is 0 Å². The predicted molar refractivity (Wildman–Crippen MR) is 79.7 cm³/mol. The van der Waals surface area contributed by atoms with Crippen molar-refractivity contribution >= 4 is 22.6 Å². The number of halogens is 1. The van der Waals surface area contributed by atoms with Crippen LogP contribution in [-0.4, -0.2) is 6.54 Å². The number of benzene rings is 1. The molecular formula is C16H20ClNO. The van der Waals surface area contributed by atoms with E-state index >= 15 is 0 Å². The van der Waals surface area contributed by atoms with Gasteiger partial charge in [-0.25, -0.2) is 0 Å². The Morgan fingerprint density at radius 2 is 2.16 bits per heavy atom. The standard InChI is InChI=1S/C16H20ClNO/c1-2-16(8-4-3-5-9-18-16)15-11-12-10-13(17)6-7-14(12)19-15/h6-7,10-11,18H,2-5,8-9H2,1H3. The van der Waals surface area contributed by atoms with Gasteiger partial charge in [0, 0.05) is 10.4 Å². The highest BCUT2D eigenvalue weighted by Crippen LogP contribution is 2.36. The molecule has 1 saturated heterocycles. The summed E-state index contributed by atoms with van der Waals surface area (Å²) in [4.78, 5) is 0. The molecule has 1 aromatic carbocycles. The highest BCUT2D eigenvalue weighted by Gasteiger charge is 2.34. The molecule has 102 valence electrons. The number of fused-ring (bicyclic) bond motifs is 1. The van der Waals surface area contributed by atoms with Crippen molar-refractivity contribution in [3.05, 3.63) is 35.0 Å². The first-order valence-electron chi connectivity index (χ1n) is 7.18. The lowest BCUT2D eigenvalue weighted by atomic mass is 9.88. The molecule has 3 heteroatoms. The van der Waals surface area contributed by atoms with Gasteiger partial charge in [0.1, 0.15) is 11.3 Å². The van der Waals surface area contributed by atoms with E-state index in [-0.39, 0.29) is 5.54 Å². The van der Waals surface area contributed by atoms with Gasteiger partial charge in [-0.15, -0.1) is 0 Å². The molecule has 1 aromatic heterocycles. The normalized spacial score (nSPS) is 24.5. The average Bonchev–Trinajstić information content (AvgIpc) is 2.69. The first-order chi connectivity index (χ1) is 9.23. The van der Waals surface area contributed by atoms with E-state index in [2.05, 4.69) is 18.3 Å². The van der Waals surface area contributed by atoms with E-state index < -0.39 is 0 Å². The van der Waals surface area contributed by atoms with Crippen LogP contribution in [0.2, 0.25) is 5.02 Å². The van der Waals surface area contributed by atoms with E-state index in [0.717, 1.165) is 41.1 Å². The van der Waals surface area contributed by atoms with Crippen LogP contribution in [0.1, 0.15) is 44.8 Å². The van der Waals surface area contributed by atoms with E-state index in [1.807, 2.05) is 18.2 Å². The zero-order valence-corrected chi connectivity index (χ0v) is 12.1. The first-order valence-corrected chi connectivity index (χ1v) is 7.56. The first kappa shape index (κ1) is 13.0. The largest absolute Gasteiger partial charge is 0.459 e. The minimum absolute atomic E-state index is 0.00198. The molecule has 0 saturated carbocycles. The van der Waals surface area contributed by atoms with Crippen LogP contribution < -0.4 is 5.32 Å². The Hall–Kier alpha value is -0.990. The van der Waals surface area contributed by atoms with Crippen molar-refractivity contribution in [3.63, 3.8) is 0 Å². The molecule has 0 radical (unpaired) electrons. The van der Waals surface area contributed by atoms with Crippen molar-refractivity contribution in [2.24, 2.45) is 0 Å². The van der Waals surface area contributed by atoms with Crippen LogP contribution in [0.3, 0.4) is 0 Å². The molecule has 0 aliphatic carbocycles. The van der Waals surface area contributed by atoms with E-state index in [0.29, 0.717) is 0 Å². The highest BCUT2D eigenvalue weighted by molar-refractivity contribution is 6.31. The van der Waals surface area contributed by atoms with Gasteiger partial charge in [-0.2, -0.15) is 0 Å². The molecule has 2 heterocycles. The van der Waals surface area contributed by atoms with Gasteiger partial charge in [-0.3, -0.25) is 0 Å². The number of rotatable bonds is 2. The number of hydrogen-bond acceptors (Lipinski definition) is 2. The maximum Gasteiger partial charge on any atom is 0.134 e. The Balaban J connectivity index is 2.04. The summed E-state index contributed by atoms with van der Waals surface area (Å²) in [6.07, 6.45) is 6.03. The number of hydrogen-bond donors (Lipinski definition) is 1. The summed E-state index contributed by atoms with van der Waals surface area (Å²) < 4.78 is 6.09. The predicted octanol–water partition coefficient (Wildman–Crippen LogP) is 4.86. The highest BCUT2D eigenvalue weighted by atomic mass is 35.5. The van der Waals surface area contributed by atoms with E-state index in [1.54, 1.807) is 0 Å². The van der Waals surface area contributed by atoms with Gasteiger partial charge in [0.05, 0.1) is 5.54 Å². The summed E-state index contributed by atoms with van der Waals surface area (Å²) in [5.74, 6) is 1.06. The van der Waals surface area contributed by atoms with Crippen LogP contribution in [-0.2, 0) is 5.54 Å². The molecular weight excluding hydrogens is 258 g/mol. The van der Waals surface area contributed by atoms with Gasteiger partial charge in [0.2, 0.25) is 0 Å². The van der Waals surface area contributed by atoms with E-state index in [4.69, 9.17) is 16.0 Å². The second-order valence-electron chi connectivity index (χ2n) is 5.47. The summed E-state index contributed by atoms with van der Waals surface area (Å²) in [7, 11) is 0. The Kier molecular flexibility index (Phi) is 3.55. The van der Waals surface area contributed by atoms with Crippen molar-refractivity contribution in [3.8, 4) is 0 Å². The third kappa shape index (κ3) is 2.39. The molecule has 1 aliphatic rings. The van der Waals surface area contributed by atoms with Gasteiger partial charge >= 0.3 is 0 Å². The molecule has 1 fully saturated rings. The minimum atomic E-state index is 0.00198. The van der Waals surface area contributed by atoms with Crippen molar-refractivity contribution in [1.82, 2.24) is 5.32 Å². The fourth-order valence-corrected chi connectivity index (χ4v) is 3.26. The quantitative estimate of drug-likeness (QED) is 0.848. The van der Waals surface area contributed by atoms with Gasteiger partial charge in [0.15, 0.2) is 0 Å². The molecule has 0 amide bonds. The van der Waals surface area contributed by atoms with Gasteiger partial charge in [-0.1, -0.05) is 31.4 Å². The number of nitrogens with one attached hydrogen (secondary N) is 1. The Labute approximate surface area is 119 Å². The third-order valence-electron chi connectivity index (χ3n) is 4.30. The summed E-state index contributed by atoms with van der Waals surface area (Å²) in [6, 6.07) is 7.98. The zero-order valence-electron chi connectivity index (χ0n) is 11.3. The molecule has 2 aromatic rings. The molecule has 0 spiro atoms. The van der Waals surface area contributed by atoms with Crippen LogP contribution in [0.15, 0.2) is 28.7 Å². The van der Waals surface area contributed by atoms with Gasteiger partial charge in [-0.05, 0) is 50.1 Å².